The van der Waals surface area contributed by atoms with Crippen molar-refractivity contribution in [2.75, 3.05) is 14.2 Å². The molecule has 0 atom stereocenters. The molecular formula is C15H21N3O2. The van der Waals surface area contributed by atoms with Crippen molar-refractivity contribution in [3.63, 3.8) is 0 Å². The quantitative estimate of drug-likeness (QED) is 0.879. The highest BCUT2D eigenvalue weighted by Crippen LogP contribution is 2.35. The van der Waals surface area contributed by atoms with Gasteiger partial charge in [-0.05, 0) is 24.1 Å². The van der Waals surface area contributed by atoms with Gasteiger partial charge < -0.3 is 19.8 Å². The molecule has 0 aliphatic rings. The summed E-state index contributed by atoms with van der Waals surface area (Å²) in [5.74, 6) is 2.28. The summed E-state index contributed by atoms with van der Waals surface area (Å²) >= 11 is 0. The molecule has 1 aromatic carbocycles. The number of nitrogens with zero attached hydrogens (tertiary/aromatic N) is 2. The van der Waals surface area contributed by atoms with E-state index in [0.29, 0.717) is 18.0 Å². The maximum Gasteiger partial charge on any atom is 0.161 e. The van der Waals surface area contributed by atoms with Crippen LogP contribution in [0.25, 0.3) is 11.4 Å². The van der Waals surface area contributed by atoms with E-state index in [1.165, 1.54) is 0 Å². The van der Waals surface area contributed by atoms with Gasteiger partial charge in [0.2, 0.25) is 0 Å². The summed E-state index contributed by atoms with van der Waals surface area (Å²) < 4.78 is 12.8. The predicted octanol–water partition coefficient (Wildman–Crippen LogP) is 2.44. The topological polar surface area (TPSA) is 62.3 Å². The van der Waals surface area contributed by atoms with Crippen molar-refractivity contribution in [1.29, 1.82) is 0 Å². The van der Waals surface area contributed by atoms with E-state index < -0.39 is 0 Å². The van der Waals surface area contributed by atoms with E-state index >= 15 is 0 Å². The van der Waals surface area contributed by atoms with Gasteiger partial charge in [0.05, 0.1) is 14.2 Å². The molecule has 0 saturated carbocycles. The lowest BCUT2D eigenvalue weighted by Gasteiger charge is -2.15. The number of hydrogen-bond donors (Lipinski definition) is 1. The summed E-state index contributed by atoms with van der Waals surface area (Å²) in [6.45, 7) is 3.49. The smallest absolute Gasteiger partial charge is 0.161 e. The molecule has 0 bridgehead atoms. The van der Waals surface area contributed by atoms with Crippen molar-refractivity contribution < 1.29 is 9.47 Å². The molecule has 5 nitrogen and oxygen atoms in total. The van der Waals surface area contributed by atoms with E-state index in [9.17, 15) is 0 Å². The van der Waals surface area contributed by atoms with Crippen molar-refractivity contribution in [2.45, 2.75) is 26.4 Å². The number of hydrogen-bond acceptors (Lipinski definition) is 4. The van der Waals surface area contributed by atoms with Gasteiger partial charge in [0.15, 0.2) is 11.5 Å². The highest BCUT2D eigenvalue weighted by Gasteiger charge is 2.15. The van der Waals surface area contributed by atoms with Crippen molar-refractivity contribution in [1.82, 2.24) is 9.55 Å². The summed E-state index contributed by atoms with van der Waals surface area (Å²) in [7, 11) is 3.25. The zero-order chi connectivity index (χ0) is 14.5. The molecule has 0 amide bonds. The predicted molar refractivity (Wildman–Crippen MR) is 78.9 cm³/mol. The Balaban J connectivity index is 2.57. The SMILES string of the molecule is CCCn1ccnc1-c1cc(OC)c(OC)cc1CN. The summed E-state index contributed by atoms with van der Waals surface area (Å²) in [5, 5.41) is 0. The van der Waals surface area contributed by atoms with Gasteiger partial charge in [-0.3, -0.25) is 0 Å². The third-order valence-electron chi connectivity index (χ3n) is 3.25. The van der Waals surface area contributed by atoms with Gasteiger partial charge in [-0.25, -0.2) is 4.98 Å². The Labute approximate surface area is 119 Å². The number of rotatable bonds is 6. The molecule has 5 heteroatoms. The van der Waals surface area contributed by atoms with Gasteiger partial charge in [0.25, 0.3) is 0 Å². The molecule has 108 valence electrons. The summed E-state index contributed by atoms with van der Waals surface area (Å²) in [6.07, 6.45) is 4.84. The molecular weight excluding hydrogens is 254 g/mol. The van der Waals surface area contributed by atoms with E-state index in [-0.39, 0.29) is 0 Å². The highest BCUT2D eigenvalue weighted by molar-refractivity contribution is 5.66. The largest absolute Gasteiger partial charge is 0.493 e. The van der Waals surface area contributed by atoms with Crippen LogP contribution in [0, 0.1) is 0 Å². The van der Waals surface area contributed by atoms with Gasteiger partial charge in [0.1, 0.15) is 5.82 Å². The third kappa shape index (κ3) is 2.63. The molecule has 0 fully saturated rings. The Hall–Kier alpha value is -2.01. The number of aromatic nitrogens is 2. The summed E-state index contributed by atoms with van der Waals surface area (Å²) in [4.78, 5) is 4.46. The van der Waals surface area contributed by atoms with Crippen molar-refractivity contribution in [2.24, 2.45) is 5.73 Å². The molecule has 2 aromatic rings. The average molecular weight is 275 g/mol. The Morgan fingerprint density at radius 2 is 1.90 bits per heavy atom. The second-order valence-electron chi connectivity index (χ2n) is 4.51. The monoisotopic (exact) mass is 275 g/mol. The van der Waals surface area contributed by atoms with Crippen LogP contribution in [-0.4, -0.2) is 23.8 Å². The van der Waals surface area contributed by atoms with Crippen LogP contribution in [0.15, 0.2) is 24.5 Å². The van der Waals surface area contributed by atoms with Crippen LogP contribution in [0.4, 0.5) is 0 Å². The first kappa shape index (κ1) is 14.4. The number of imidazole rings is 1. The lowest BCUT2D eigenvalue weighted by atomic mass is 10.1. The van der Waals surface area contributed by atoms with E-state index in [2.05, 4.69) is 16.5 Å². The molecule has 0 aliphatic heterocycles. The number of ether oxygens (including phenoxy) is 2. The molecule has 0 aliphatic carbocycles. The third-order valence-corrected chi connectivity index (χ3v) is 3.25. The zero-order valence-corrected chi connectivity index (χ0v) is 12.2. The summed E-state index contributed by atoms with van der Waals surface area (Å²) in [5.41, 5.74) is 7.84. The van der Waals surface area contributed by atoms with Gasteiger partial charge in [-0.1, -0.05) is 6.92 Å². The second kappa shape index (κ2) is 6.43. The number of nitrogens with two attached hydrogens (primary N) is 1. The van der Waals surface area contributed by atoms with Crippen LogP contribution in [0.3, 0.4) is 0 Å². The number of methoxy groups -OCH3 is 2. The van der Waals surface area contributed by atoms with Gasteiger partial charge in [-0.15, -0.1) is 0 Å². The van der Waals surface area contributed by atoms with Gasteiger partial charge in [-0.2, -0.15) is 0 Å². The molecule has 0 radical (unpaired) electrons. The summed E-state index contributed by atoms with van der Waals surface area (Å²) in [6, 6.07) is 3.86. The minimum atomic E-state index is 0.425. The fourth-order valence-corrected chi connectivity index (χ4v) is 2.27. The van der Waals surface area contributed by atoms with Crippen LogP contribution in [0.2, 0.25) is 0 Å². The minimum Gasteiger partial charge on any atom is -0.493 e. The van der Waals surface area contributed by atoms with E-state index in [1.54, 1.807) is 14.2 Å². The first-order valence-corrected chi connectivity index (χ1v) is 6.71. The first-order valence-electron chi connectivity index (χ1n) is 6.71. The zero-order valence-electron chi connectivity index (χ0n) is 12.2. The Bertz CT molecular complexity index is 578. The van der Waals surface area contributed by atoms with Crippen LogP contribution in [0.5, 0.6) is 11.5 Å². The van der Waals surface area contributed by atoms with Crippen LogP contribution < -0.4 is 15.2 Å². The normalized spacial score (nSPS) is 10.6. The molecule has 20 heavy (non-hydrogen) atoms. The fourth-order valence-electron chi connectivity index (χ4n) is 2.27. The first-order chi connectivity index (χ1) is 9.74. The molecule has 0 saturated heterocycles. The minimum absolute atomic E-state index is 0.425. The molecule has 0 spiro atoms. The van der Waals surface area contributed by atoms with Crippen LogP contribution in [0.1, 0.15) is 18.9 Å². The van der Waals surface area contributed by atoms with Crippen molar-refractivity contribution >= 4 is 0 Å². The maximum absolute atomic E-state index is 5.86. The lowest BCUT2D eigenvalue weighted by Crippen LogP contribution is -2.05. The highest BCUT2D eigenvalue weighted by atomic mass is 16.5. The molecule has 2 N–H and O–H groups in total. The van der Waals surface area contributed by atoms with Crippen molar-refractivity contribution in [3.8, 4) is 22.9 Å². The number of benzene rings is 1. The second-order valence-corrected chi connectivity index (χ2v) is 4.51. The lowest BCUT2D eigenvalue weighted by molar-refractivity contribution is 0.354. The molecule has 0 unspecified atom stereocenters. The van der Waals surface area contributed by atoms with Crippen molar-refractivity contribution in [3.05, 3.63) is 30.1 Å². The Kier molecular flexibility index (Phi) is 4.63. The number of aryl methyl sites for hydroxylation is 1. The van der Waals surface area contributed by atoms with Gasteiger partial charge >= 0.3 is 0 Å². The van der Waals surface area contributed by atoms with Crippen LogP contribution in [-0.2, 0) is 13.1 Å². The molecule has 1 heterocycles. The Morgan fingerprint density at radius 1 is 1.20 bits per heavy atom. The standard InChI is InChI=1S/C15H21N3O2/c1-4-6-18-7-5-17-15(18)12-9-14(20-3)13(19-2)8-11(12)10-16/h5,7-9H,4,6,10,16H2,1-3H3. The van der Waals surface area contributed by atoms with E-state index in [0.717, 1.165) is 29.9 Å². The fraction of sp³-hybridized carbons (Fsp3) is 0.400. The van der Waals surface area contributed by atoms with E-state index in [4.69, 9.17) is 15.2 Å². The van der Waals surface area contributed by atoms with E-state index in [1.807, 2.05) is 24.5 Å². The Morgan fingerprint density at radius 3 is 2.50 bits per heavy atom. The van der Waals surface area contributed by atoms with Crippen LogP contribution >= 0.6 is 0 Å². The molecule has 2 rings (SSSR count). The molecule has 1 aromatic heterocycles. The maximum atomic E-state index is 5.86. The average Bonchev–Trinajstić information content (AvgIpc) is 2.94. The van der Waals surface area contributed by atoms with Gasteiger partial charge in [0, 0.05) is 31.0 Å².